The number of hydrogen-bond donors (Lipinski definition) is 2. The summed E-state index contributed by atoms with van der Waals surface area (Å²) in [6, 6.07) is 7.66. The lowest BCUT2D eigenvalue weighted by Gasteiger charge is -2.04. The zero-order valence-electron chi connectivity index (χ0n) is 12.6. The lowest BCUT2D eigenvalue weighted by atomic mass is 10.3. The molecule has 0 unspecified atom stereocenters. The van der Waals surface area contributed by atoms with E-state index in [1.165, 1.54) is 29.5 Å². The second-order valence-electron chi connectivity index (χ2n) is 4.95. The molecule has 0 radical (unpaired) electrons. The molecule has 8 heteroatoms. The predicted octanol–water partition coefficient (Wildman–Crippen LogP) is 4.70. The molecule has 0 spiro atoms. The molecule has 1 amide bonds. The van der Waals surface area contributed by atoms with Crippen molar-refractivity contribution in [2.45, 2.75) is 13.5 Å². The summed E-state index contributed by atoms with van der Waals surface area (Å²) in [6.07, 6.45) is 1.59. The van der Waals surface area contributed by atoms with Crippen molar-refractivity contribution in [2.24, 2.45) is 0 Å². The van der Waals surface area contributed by atoms with Crippen molar-refractivity contribution in [3.63, 3.8) is 0 Å². The highest BCUT2D eigenvalue weighted by Gasteiger charge is 2.16. The van der Waals surface area contributed by atoms with Crippen molar-refractivity contribution in [1.29, 1.82) is 0 Å². The van der Waals surface area contributed by atoms with Gasteiger partial charge >= 0.3 is 0 Å². The first-order valence-electron chi connectivity index (χ1n) is 7.03. The molecule has 0 fully saturated rings. The van der Waals surface area contributed by atoms with Gasteiger partial charge in [-0.25, -0.2) is 9.37 Å². The maximum atomic E-state index is 13.2. The summed E-state index contributed by atoms with van der Waals surface area (Å²) in [5, 5.41) is 6.36. The van der Waals surface area contributed by atoms with Crippen LogP contribution in [0.2, 0.25) is 5.02 Å². The SMILES string of the molecule is Cc1nc(NCc2ccco2)sc1C(=O)Nc1ccc(F)c(Cl)c1. The van der Waals surface area contributed by atoms with Crippen LogP contribution < -0.4 is 10.6 Å². The van der Waals surface area contributed by atoms with Gasteiger partial charge in [0.1, 0.15) is 16.5 Å². The second-order valence-corrected chi connectivity index (χ2v) is 6.36. The third kappa shape index (κ3) is 3.74. The maximum Gasteiger partial charge on any atom is 0.267 e. The molecule has 3 aromatic rings. The normalized spacial score (nSPS) is 10.6. The van der Waals surface area contributed by atoms with Crippen LogP contribution in [-0.4, -0.2) is 10.9 Å². The highest BCUT2D eigenvalue weighted by molar-refractivity contribution is 7.17. The number of nitrogens with zero attached hydrogens (tertiary/aromatic N) is 1. The van der Waals surface area contributed by atoms with E-state index in [0.717, 1.165) is 5.76 Å². The molecule has 3 rings (SSSR count). The van der Waals surface area contributed by atoms with Crippen LogP contribution in [0.25, 0.3) is 0 Å². The fourth-order valence-corrected chi connectivity index (χ4v) is 3.06. The van der Waals surface area contributed by atoms with Gasteiger partial charge in [-0.1, -0.05) is 22.9 Å². The Labute approximate surface area is 146 Å². The number of carbonyl (C=O) groups excluding carboxylic acids is 1. The van der Waals surface area contributed by atoms with E-state index in [9.17, 15) is 9.18 Å². The molecular formula is C16H13ClFN3O2S. The van der Waals surface area contributed by atoms with Crippen LogP contribution in [-0.2, 0) is 6.54 Å². The van der Waals surface area contributed by atoms with E-state index in [0.29, 0.717) is 27.9 Å². The second kappa shape index (κ2) is 7.02. The average molecular weight is 366 g/mol. The molecule has 1 aromatic carbocycles. The molecule has 0 aliphatic carbocycles. The summed E-state index contributed by atoms with van der Waals surface area (Å²) >= 11 is 6.95. The Balaban J connectivity index is 1.69. The average Bonchev–Trinajstić information content (AvgIpc) is 3.18. The highest BCUT2D eigenvalue weighted by Crippen LogP contribution is 2.25. The molecule has 0 aliphatic rings. The number of carbonyl (C=O) groups is 1. The van der Waals surface area contributed by atoms with Gasteiger partial charge in [0.05, 0.1) is 23.5 Å². The Morgan fingerprint density at radius 2 is 2.25 bits per heavy atom. The third-order valence-corrected chi connectivity index (χ3v) is 4.58. The minimum absolute atomic E-state index is 0.0466. The molecule has 0 saturated heterocycles. The van der Waals surface area contributed by atoms with Crippen molar-refractivity contribution < 1.29 is 13.6 Å². The van der Waals surface area contributed by atoms with Crippen molar-refractivity contribution >= 4 is 39.7 Å². The largest absolute Gasteiger partial charge is 0.467 e. The summed E-state index contributed by atoms with van der Waals surface area (Å²) in [6.45, 7) is 2.23. The number of amides is 1. The number of nitrogens with one attached hydrogen (secondary N) is 2. The van der Waals surface area contributed by atoms with Crippen LogP contribution in [0.5, 0.6) is 0 Å². The van der Waals surface area contributed by atoms with E-state index in [1.807, 2.05) is 6.07 Å². The van der Waals surface area contributed by atoms with Gasteiger partial charge in [-0.15, -0.1) is 0 Å². The fraction of sp³-hybridized carbons (Fsp3) is 0.125. The standard InChI is InChI=1S/C16H13ClFN3O2S/c1-9-14(15(22)21-10-4-5-13(18)12(17)7-10)24-16(20-9)19-8-11-3-2-6-23-11/h2-7H,8H2,1H3,(H,19,20)(H,21,22). The summed E-state index contributed by atoms with van der Waals surface area (Å²) < 4.78 is 18.4. The smallest absolute Gasteiger partial charge is 0.267 e. The molecule has 0 atom stereocenters. The van der Waals surface area contributed by atoms with Crippen molar-refractivity contribution in [1.82, 2.24) is 4.98 Å². The molecule has 2 heterocycles. The number of benzene rings is 1. The third-order valence-electron chi connectivity index (χ3n) is 3.17. The molecule has 0 aliphatic heterocycles. The summed E-state index contributed by atoms with van der Waals surface area (Å²) in [4.78, 5) is 17.1. The predicted molar refractivity (Wildman–Crippen MR) is 92.2 cm³/mol. The molecule has 124 valence electrons. The van der Waals surface area contributed by atoms with Gasteiger partial charge < -0.3 is 15.1 Å². The van der Waals surface area contributed by atoms with Crippen LogP contribution in [0, 0.1) is 12.7 Å². The molecule has 24 heavy (non-hydrogen) atoms. The summed E-state index contributed by atoms with van der Waals surface area (Å²) in [7, 11) is 0. The Morgan fingerprint density at radius 3 is 2.96 bits per heavy atom. The highest BCUT2D eigenvalue weighted by atomic mass is 35.5. The summed E-state index contributed by atoms with van der Waals surface area (Å²) in [5.41, 5.74) is 1.02. The van der Waals surface area contributed by atoms with Crippen molar-refractivity contribution in [3.8, 4) is 0 Å². The number of thiazole rings is 1. The molecule has 5 nitrogen and oxygen atoms in total. The van der Waals surface area contributed by atoms with Gasteiger partial charge in [0.25, 0.3) is 5.91 Å². The zero-order valence-corrected chi connectivity index (χ0v) is 14.2. The zero-order chi connectivity index (χ0) is 17.1. The van der Waals surface area contributed by atoms with E-state index in [4.69, 9.17) is 16.0 Å². The first-order valence-corrected chi connectivity index (χ1v) is 8.22. The van der Waals surface area contributed by atoms with E-state index in [1.54, 1.807) is 19.3 Å². The quantitative estimate of drug-likeness (QED) is 0.687. The van der Waals surface area contributed by atoms with Crippen LogP contribution >= 0.6 is 22.9 Å². The van der Waals surface area contributed by atoms with E-state index in [2.05, 4.69) is 15.6 Å². The molecule has 2 aromatic heterocycles. The monoisotopic (exact) mass is 365 g/mol. The Bertz CT molecular complexity index is 864. The van der Waals surface area contributed by atoms with Gasteiger partial charge in [0.15, 0.2) is 5.13 Å². The number of halogens is 2. The van der Waals surface area contributed by atoms with Crippen LogP contribution in [0.4, 0.5) is 15.2 Å². The molecule has 2 N–H and O–H groups in total. The number of hydrogen-bond acceptors (Lipinski definition) is 5. The number of furan rings is 1. The van der Waals surface area contributed by atoms with E-state index < -0.39 is 5.82 Å². The topological polar surface area (TPSA) is 67.2 Å². The number of rotatable bonds is 5. The molecule has 0 saturated carbocycles. The van der Waals surface area contributed by atoms with Crippen LogP contribution in [0.1, 0.15) is 21.1 Å². The molecule has 0 bridgehead atoms. The van der Waals surface area contributed by atoms with Crippen molar-refractivity contribution in [2.75, 3.05) is 10.6 Å². The Morgan fingerprint density at radius 1 is 1.42 bits per heavy atom. The minimum atomic E-state index is -0.534. The maximum absolute atomic E-state index is 13.2. The molecular weight excluding hydrogens is 353 g/mol. The van der Waals surface area contributed by atoms with Gasteiger partial charge in [-0.3, -0.25) is 4.79 Å². The fourth-order valence-electron chi connectivity index (χ4n) is 2.02. The number of aryl methyl sites for hydroxylation is 1. The number of anilines is 2. The van der Waals surface area contributed by atoms with Gasteiger partial charge in [0, 0.05) is 5.69 Å². The van der Waals surface area contributed by atoms with Crippen LogP contribution in [0.3, 0.4) is 0 Å². The van der Waals surface area contributed by atoms with Gasteiger partial charge in [0.2, 0.25) is 0 Å². The lowest BCUT2D eigenvalue weighted by molar-refractivity contribution is 0.103. The Kier molecular flexibility index (Phi) is 4.82. The summed E-state index contributed by atoms with van der Waals surface area (Å²) in [5.74, 6) is -0.0819. The van der Waals surface area contributed by atoms with Gasteiger partial charge in [-0.05, 0) is 37.3 Å². The van der Waals surface area contributed by atoms with Gasteiger partial charge in [-0.2, -0.15) is 0 Å². The lowest BCUT2D eigenvalue weighted by Crippen LogP contribution is -2.11. The van der Waals surface area contributed by atoms with Crippen LogP contribution in [0.15, 0.2) is 41.0 Å². The Hall–Kier alpha value is -2.38. The van der Waals surface area contributed by atoms with Crippen molar-refractivity contribution in [3.05, 3.63) is 63.8 Å². The van der Waals surface area contributed by atoms with E-state index in [-0.39, 0.29) is 10.9 Å². The van der Waals surface area contributed by atoms with E-state index >= 15 is 0 Å². The first kappa shape index (κ1) is 16.5. The minimum Gasteiger partial charge on any atom is -0.467 e. The first-order chi connectivity index (χ1) is 11.5. The number of aromatic nitrogens is 1.